The van der Waals surface area contributed by atoms with Crippen LogP contribution in [0.2, 0.25) is 0 Å². The molecular formula is C27H28N2O5. The van der Waals surface area contributed by atoms with E-state index in [-0.39, 0.29) is 29.1 Å². The number of likely N-dealkylation sites (tertiary alicyclic amines) is 1. The lowest BCUT2D eigenvalue weighted by molar-refractivity contribution is -0.00575. The van der Waals surface area contributed by atoms with Gasteiger partial charge in [-0.3, -0.25) is 24.1 Å². The number of amides is 3. The quantitative estimate of drug-likeness (QED) is 0.600. The smallest absolute Gasteiger partial charge is 0.262 e. The van der Waals surface area contributed by atoms with Gasteiger partial charge in [0.05, 0.1) is 23.1 Å². The zero-order valence-electron chi connectivity index (χ0n) is 19.9. The van der Waals surface area contributed by atoms with Crippen molar-refractivity contribution in [1.29, 1.82) is 0 Å². The monoisotopic (exact) mass is 460 g/mol. The normalized spacial score (nSPS) is 19.2. The molecule has 1 spiro atoms. The Morgan fingerprint density at radius 3 is 2.26 bits per heavy atom. The number of carbonyl (C=O) groups is 4. The molecule has 0 saturated carbocycles. The van der Waals surface area contributed by atoms with Crippen LogP contribution in [0.15, 0.2) is 36.4 Å². The molecule has 0 aliphatic carbocycles. The first-order valence-electron chi connectivity index (χ1n) is 11.6. The summed E-state index contributed by atoms with van der Waals surface area (Å²) < 4.78 is 6.30. The molecule has 7 nitrogen and oxygen atoms in total. The van der Waals surface area contributed by atoms with Crippen LogP contribution >= 0.6 is 0 Å². The largest absolute Gasteiger partial charge is 0.486 e. The summed E-state index contributed by atoms with van der Waals surface area (Å²) >= 11 is 0. The van der Waals surface area contributed by atoms with Crippen molar-refractivity contribution in [2.45, 2.75) is 58.1 Å². The van der Waals surface area contributed by atoms with Crippen molar-refractivity contribution in [3.05, 3.63) is 64.2 Å². The minimum absolute atomic E-state index is 0.0786. The Kier molecular flexibility index (Phi) is 4.93. The van der Waals surface area contributed by atoms with E-state index in [0.29, 0.717) is 54.8 Å². The molecule has 0 unspecified atom stereocenters. The van der Waals surface area contributed by atoms with Gasteiger partial charge in [-0.2, -0.15) is 0 Å². The van der Waals surface area contributed by atoms with Gasteiger partial charge < -0.3 is 9.64 Å². The van der Waals surface area contributed by atoms with Gasteiger partial charge >= 0.3 is 0 Å². The van der Waals surface area contributed by atoms with Crippen LogP contribution in [0.25, 0.3) is 0 Å². The van der Waals surface area contributed by atoms with E-state index < -0.39 is 11.1 Å². The molecule has 3 aliphatic rings. The molecule has 2 aromatic carbocycles. The van der Waals surface area contributed by atoms with Crippen molar-refractivity contribution < 1.29 is 23.9 Å². The molecule has 0 N–H and O–H groups in total. The molecule has 3 heterocycles. The average Bonchev–Trinajstić information content (AvgIpc) is 3.04. The Labute approximate surface area is 198 Å². The second-order valence-electron chi connectivity index (χ2n) is 10.6. The Morgan fingerprint density at radius 2 is 1.59 bits per heavy atom. The van der Waals surface area contributed by atoms with E-state index in [2.05, 4.69) is 0 Å². The van der Waals surface area contributed by atoms with Crippen molar-refractivity contribution in [3.63, 3.8) is 0 Å². The SMILES string of the molecule is Cc1ccc2c(c1)C(=O)CC1(CCN(C(=O)c3ccc4c(c3)C(=O)N(C(C)(C)C)C4=O)CC1)O2. The van der Waals surface area contributed by atoms with Crippen molar-refractivity contribution in [3.8, 4) is 5.75 Å². The standard InChI is InChI=1S/C27H28N2O5/c1-16-5-8-22-20(13-16)21(30)15-27(34-22)9-11-28(12-10-27)23(31)17-6-7-18-19(14-17)25(33)29(24(18)32)26(2,3)4/h5-8,13-14H,9-12,15H2,1-4H3. The summed E-state index contributed by atoms with van der Waals surface area (Å²) in [7, 11) is 0. The van der Waals surface area contributed by atoms with Crippen molar-refractivity contribution in [1.82, 2.24) is 9.80 Å². The Morgan fingerprint density at radius 1 is 0.912 bits per heavy atom. The number of fused-ring (bicyclic) bond motifs is 2. The van der Waals surface area contributed by atoms with Crippen LogP contribution in [0.5, 0.6) is 5.75 Å². The van der Waals surface area contributed by atoms with Gasteiger partial charge in [0, 0.05) is 37.0 Å². The number of hydrogen-bond acceptors (Lipinski definition) is 5. The lowest BCUT2D eigenvalue weighted by atomic mass is 9.82. The van der Waals surface area contributed by atoms with E-state index in [1.54, 1.807) is 17.0 Å². The van der Waals surface area contributed by atoms with Gasteiger partial charge in [-0.25, -0.2) is 0 Å². The average molecular weight is 461 g/mol. The molecule has 7 heteroatoms. The molecule has 1 fully saturated rings. The van der Waals surface area contributed by atoms with Crippen LogP contribution in [0.4, 0.5) is 0 Å². The van der Waals surface area contributed by atoms with Gasteiger partial charge in [0.1, 0.15) is 11.4 Å². The minimum atomic E-state index is -0.646. The number of ketones is 1. The predicted octanol–water partition coefficient (Wildman–Crippen LogP) is 4.03. The summed E-state index contributed by atoms with van der Waals surface area (Å²) in [5.74, 6) is -0.198. The molecule has 3 amide bonds. The second kappa shape index (κ2) is 7.52. The maximum atomic E-state index is 13.2. The highest BCUT2D eigenvalue weighted by Gasteiger charge is 2.45. The van der Waals surface area contributed by atoms with Gasteiger partial charge in [-0.05, 0) is 58.0 Å². The van der Waals surface area contributed by atoms with Crippen molar-refractivity contribution in [2.75, 3.05) is 13.1 Å². The predicted molar refractivity (Wildman–Crippen MR) is 125 cm³/mol. The number of hydrogen-bond donors (Lipinski definition) is 0. The molecule has 0 aromatic heterocycles. The Bertz CT molecular complexity index is 1250. The summed E-state index contributed by atoms with van der Waals surface area (Å²) in [6.45, 7) is 8.27. The first-order chi connectivity index (χ1) is 16.0. The van der Waals surface area contributed by atoms with E-state index in [4.69, 9.17) is 4.74 Å². The molecule has 0 bridgehead atoms. The van der Waals surface area contributed by atoms with Gasteiger partial charge in [0.25, 0.3) is 17.7 Å². The fourth-order valence-electron chi connectivity index (χ4n) is 5.17. The number of nitrogens with zero attached hydrogens (tertiary/aromatic N) is 2. The minimum Gasteiger partial charge on any atom is -0.486 e. The number of benzene rings is 2. The first kappa shape index (κ1) is 22.3. The molecule has 3 aliphatic heterocycles. The van der Waals surface area contributed by atoms with Crippen LogP contribution in [0, 0.1) is 6.92 Å². The van der Waals surface area contributed by atoms with E-state index >= 15 is 0 Å². The fourth-order valence-corrected chi connectivity index (χ4v) is 5.17. The highest BCUT2D eigenvalue weighted by atomic mass is 16.5. The second-order valence-corrected chi connectivity index (χ2v) is 10.6. The van der Waals surface area contributed by atoms with Gasteiger partial charge in [0.2, 0.25) is 0 Å². The van der Waals surface area contributed by atoms with Gasteiger partial charge in [0.15, 0.2) is 5.78 Å². The third kappa shape index (κ3) is 3.50. The fraction of sp³-hybridized carbons (Fsp3) is 0.407. The zero-order valence-corrected chi connectivity index (χ0v) is 19.9. The van der Waals surface area contributed by atoms with Crippen LogP contribution in [0.3, 0.4) is 0 Å². The molecule has 34 heavy (non-hydrogen) atoms. The van der Waals surface area contributed by atoms with E-state index in [1.165, 1.54) is 11.0 Å². The molecule has 176 valence electrons. The summed E-state index contributed by atoms with van der Waals surface area (Å²) in [5.41, 5.74) is 1.40. The van der Waals surface area contributed by atoms with E-state index in [9.17, 15) is 19.2 Å². The highest BCUT2D eigenvalue weighted by molar-refractivity contribution is 6.22. The number of carbonyl (C=O) groups excluding carboxylic acids is 4. The highest BCUT2D eigenvalue weighted by Crippen LogP contribution is 2.40. The first-order valence-corrected chi connectivity index (χ1v) is 11.6. The lowest BCUT2D eigenvalue weighted by Gasteiger charge is -2.44. The number of Topliss-reactive ketones (excluding diaryl/α,β-unsaturated/α-hetero) is 1. The number of imide groups is 1. The summed E-state index contributed by atoms with van der Waals surface area (Å²) in [6, 6.07) is 10.4. The summed E-state index contributed by atoms with van der Waals surface area (Å²) in [4.78, 5) is 54.6. The molecular weight excluding hydrogens is 432 g/mol. The third-order valence-corrected chi connectivity index (χ3v) is 7.01. The molecule has 0 radical (unpaired) electrons. The van der Waals surface area contributed by atoms with Crippen molar-refractivity contribution >= 4 is 23.5 Å². The van der Waals surface area contributed by atoms with Crippen LogP contribution in [0.1, 0.15) is 87.0 Å². The third-order valence-electron chi connectivity index (χ3n) is 7.01. The Balaban J connectivity index is 1.32. The van der Waals surface area contributed by atoms with Gasteiger partial charge in [-0.15, -0.1) is 0 Å². The number of ether oxygens (including phenoxy) is 1. The number of piperidine rings is 1. The maximum absolute atomic E-state index is 13.2. The Hall–Kier alpha value is -3.48. The van der Waals surface area contributed by atoms with Crippen LogP contribution < -0.4 is 4.74 Å². The molecule has 2 aromatic rings. The molecule has 5 rings (SSSR count). The zero-order chi connectivity index (χ0) is 24.4. The van der Waals surface area contributed by atoms with Crippen molar-refractivity contribution in [2.24, 2.45) is 0 Å². The van der Waals surface area contributed by atoms with Crippen LogP contribution in [-0.4, -0.2) is 57.5 Å². The lowest BCUT2D eigenvalue weighted by Crippen LogP contribution is -2.52. The summed E-state index contributed by atoms with van der Waals surface area (Å²) in [6.07, 6.45) is 1.42. The van der Waals surface area contributed by atoms with E-state index in [0.717, 1.165) is 5.56 Å². The number of rotatable bonds is 1. The number of aryl methyl sites for hydroxylation is 1. The molecule has 1 saturated heterocycles. The summed E-state index contributed by atoms with van der Waals surface area (Å²) in [5, 5.41) is 0. The van der Waals surface area contributed by atoms with Crippen LogP contribution in [-0.2, 0) is 0 Å². The van der Waals surface area contributed by atoms with Gasteiger partial charge in [-0.1, -0.05) is 11.6 Å². The topological polar surface area (TPSA) is 84.0 Å². The maximum Gasteiger partial charge on any atom is 0.262 e. The molecule has 0 atom stereocenters. The van der Waals surface area contributed by atoms with E-state index in [1.807, 2.05) is 45.9 Å².